The quantitative estimate of drug-likeness (QED) is 0.668. The average molecular weight is 414 g/mol. The largest absolute Gasteiger partial charge is 0.341 e. The van der Waals surface area contributed by atoms with Crippen molar-refractivity contribution in [3.63, 3.8) is 0 Å². The zero-order valence-electron chi connectivity index (χ0n) is 16.1. The number of rotatable bonds is 5. The third-order valence-corrected chi connectivity index (χ3v) is 7.46. The number of aromatic amines is 1. The number of fused-ring (bicyclic) bond motifs is 1. The van der Waals surface area contributed by atoms with Crippen molar-refractivity contribution < 1.29 is 13.2 Å². The van der Waals surface area contributed by atoms with E-state index in [1.54, 1.807) is 4.68 Å². The van der Waals surface area contributed by atoms with Gasteiger partial charge in [-0.05, 0) is 44.4 Å². The van der Waals surface area contributed by atoms with E-state index in [1.807, 2.05) is 37.3 Å². The molecule has 5 rings (SSSR count). The van der Waals surface area contributed by atoms with Crippen molar-refractivity contribution in [2.45, 2.75) is 44.2 Å². The van der Waals surface area contributed by atoms with Crippen LogP contribution < -0.4 is 5.32 Å². The Morgan fingerprint density at radius 3 is 2.76 bits per heavy atom. The van der Waals surface area contributed by atoms with Gasteiger partial charge in [0.1, 0.15) is 11.5 Å². The number of H-pyrrole nitrogens is 1. The fraction of sp³-hybridized carbons (Fsp3) is 0.450. The summed E-state index contributed by atoms with van der Waals surface area (Å²) in [5, 5.41) is 7.47. The van der Waals surface area contributed by atoms with E-state index < -0.39 is 9.84 Å². The van der Waals surface area contributed by atoms with E-state index in [2.05, 4.69) is 20.4 Å². The molecule has 2 aromatic heterocycles. The minimum atomic E-state index is -3.02. The fourth-order valence-corrected chi connectivity index (χ4v) is 5.67. The minimum absolute atomic E-state index is 0.102. The standard InChI is InChI=1S/C20H23N5O3S/c1-12(19-22-15-4-2-3-5-16(15)23-19)21-20(26)17-10-18(13-6-7-13)25(24-17)14-8-9-29(27,28)11-14/h2-5,10,12-14H,6-9,11H2,1H3,(H,21,26)(H,22,23). The molecule has 8 nitrogen and oxygen atoms in total. The Kier molecular flexibility index (Phi) is 4.23. The first kappa shape index (κ1) is 18.4. The maximum absolute atomic E-state index is 12.8. The zero-order chi connectivity index (χ0) is 20.2. The molecule has 1 aromatic carbocycles. The second-order valence-electron chi connectivity index (χ2n) is 8.06. The maximum atomic E-state index is 12.8. The predicted molar refractivity (Wildman–Crippen MR) is 108 cm³/mol. The van der Waals surface area contributed by atoms with Gasteiger partial charge in [-0.3, -0.25) is 9.48 Å². The summed E-state index contributed by atoms with van der Waals surface area (Å²) in [7, 11) is -3.02. The Balaban J connectivity index is 1.37. The Morgan fingerprint density at radius 2 is 2.07 bits per heavy atom. The van der Waals surface area contributed by atoms with Gasteiger partial charge in [-0.25, -0.2) is 13.4 Å². The number of hydrogen-bond donors (Lipinski definition) is 2. The van der Waals surface area contributed by atoms with Crippen LogP contribution in [0.5, 0.6) is 0 Å². The topological polar surface area (TPSA) is 110 Å². The van der Waals surface area contributed by atoms with Crippen molar-refractivity contribution in [1.82, 2.24) is 25.1 Å². The van der Waals surface area contributed by atoms with Gasteiger partial charge in [0.15, 0.2) is 9.84 Å². The monoisotopic (exact) mass is 413 g/mol. The van der Waals surface area contributed by atoms with Crippen LogP contribution in [0.4, 0.5) is 0 Å². The molecule has 152 valence electrons. The first-order chi connectivity index (χ1) is 13.9. The number of carbonyl (C=O) groups excluding carboxylic acids is 1. The summed E-state index contributed by atoms with van der Waals surface area (Å²) in [4.78, 5) is 20.6. The molecule has 3 aromatic rings. The summed E-state index contributed by atoms with van der Waals surface area (Å²) in [6, 6.07) is 9.06. The third-order valence-electron chi connectivity index (χ3n) is 5.71. The molecule has 2 N–H and O–H groups in total. The number of hydrogen-bond acceptors (Lipinski definition) is 5. The average Bonchev–Trinajstić information content (AvgIpc) is 3.13. The summed E-state index contributed by atoms with van der Waals surface area (Å²) in [5.74, 6) is 1.07. The molecule has 29 heavy (non-hydrogen) atoms. The van der Waals surface area contributed by atoms with E-state index in [9.17, 15) is 13.2 Å². The number of carbonyl (C=O) groups is 1. The van der Waals surface area contributed by atoms with Crippen LogP contribution in [-0.2, 0) is 9.84 Å². The molecule has 2 atom stereocenters. The maximum Gasteiger partial charge on any atom is 0.272 e. The van der Waals surface area contributed by atoms with Gasteiger partial charge >= 0.3 is 0 Å². The molecular formula is C20H23N5O3S. The van der Waals surface area contributed by atoms with Gasteiger partial charge in [-0.15, -0.1) is 0 Å². The van der Waals surface area contributed by atoms with Crippen LogP contribution in [0.25, 0.3) is 11.0 Å². The minimum Gasteiger partial charge on any atom is -0.341 e. The zero-order valence-corrected chi connectivity index (χ0v) is 16.9. The number of sulfone groups is 1. The van der Waals surface area contributed by atoms with Gasteiger partial charge in [0.2, 0.25) is 0 Å². The second kappa shape index (κ2) is 6.69. The molecule has 1 amide bonds. The Bertz CT molecular complexity index is 1160. The second-order valence-corrected chi connectivity index (χ2v) is 10.3. The molecule has 0 spiro atoms. The van der Waals surface area contributed by atoms with Gasteiger partial charge in [0, 0.05) is 11.6 Å². The van der Waals surface area contributed by atoms with Crippen LogP contribution >= 0.6 is 0 Å². The third kappa shape index (κ3) is 3.55. The molecule has 0 bridgehead atoms. The fourth-order valence-electron chi connectivity index (χ4n) is 3.98. The summed E-state index contributed by atoms with van der Waals surface area (Å²) in [5.41, 5.74) is 3.09. The molecule has 1 aliphatic carbocycles. The van der Waals surface area contributed by atoms with Crippen molar-refractivity contribution in [1.29, 1.82) is 0 Å². The van der Waals surface area contributed by atoms with Crippen LogP contribution in [0.15, 0.2) is 30.3 Å². The van der Waals surface area contributed by atoms with Crippen molar-refractivity contribution >= 4 is 26.8 Å². The van der Waals surface area contributed by atoms with E-state index in [0.717, 1.165) is 29.6 Å². The molecule has 1 saturated heterocycles. The van der Waals surface area contributed by atoms with Crippen molar-refractivity contribution in [3.05, 3.63) is 47.5 Å². The van der Waals surface area contributed by atoms with Crippen LogP contribution in [0.1, 0.15) is 66.2 Å². The highest BCUT2D eigenvalue weighted by Gasteiger charge is 2.36. The SMILES string of the molecule is CC(NC(=O)c1cc(C2CC2)n(C2CCS(=O)(=O)C2)n1)c1nc2ccccc2[nH]1. The highest BCUT2D eigenvalue weighted by Crippen LogP contribution is 2.42. The van der Waals surface area contributed by atoms with E-state index in [4.69, 9.17) is 0 Å². The molecule has 2 unspecified atom stereocenters. The molecular weight excluding hydrogens is 390 g/mol. The number of nitrogens with one attached hydrogen (secondary N) is 2. The summed E-state index contributed by atoms with van der Waals surface area (Å²) in [6.45, 7) is 1.87. The number of benzene rings is 1. The van der Waals surface area contributed by atoms with Gasteiger partial charge < -0.3 is 10.3 Å². The Morgan fingerprint density at radius 1 is 1.28 bits per heavy atom. The lowest BCUT2D eigenvalue weighted by Gasteiger charge is -2.12. The molecule has 1 saturated carbocycles. The molecule has 9 heteroatoms. The van der Waals surface area contributed by atoms with E-state index in [0.29, 0.717) is 23.9 Å². The Labute approximate surface area is 168 Å². The van der Waals surface area contributed by atoms with Crippen LogP contribution in [-0.4, -0.2) is 45.6 Å². The van der Waals surface area contributed by atoms with Crippen LogP contribution in [0.2, 0.25) is 0 Å². The molecule has 1 aliphatic heterocycles. The lowest BCUT2D eigenvalue weighted by molar-refractivity contribution is 0.0932. The molecule has 3 heterocycles. The first-order valence-corrected chi connectivity index (χ1v) is 11.8. The van der Waals surface area contributed by atoms with E-state index in [1.165, 1.54) is 0 Å². The van der Waals surface area contributed by atoms with Crippen molar-refractivity contribution in [2.24, 2.45) is 0 Å². The molecule has 2 aliphatic rings. The number of nitrogens with zero attached hydrogens (tertiary/aromatic N) is 3. The number of para-hydroxylation sites is 2. The lowest BCUT2D eigenvalue weighted by Crippen LogP contribution is -2.28. The van der Waals surface area contributed by atoms with Crippen LogP contribution in [0.3, 0.4) is 0 Å². The first-order valence-electron chi connectivity index (χ1n) is 9.95. The highest BCUT2D eigenvalue weighted by atomic mass is 32.2. The predicted octanol–water partition coefficient (Wildman–Crippen LogP) is 2.49. The van der Waals surface area contributed by atoms with E-state index in [-0.39, 0.29) is 29.5 Å². The number of imidazole rings is 1. The summed E-state index contributed by atoms with van der Waals surface area (Å²) < 4.78 is 25.6. The lowest BCUT2D eigenvalue weighted by atomic mass is 10.2. The highest BCUT2D eigenvalue weighted by molar-refractivity contribution is 7.91. The van der Waals surface area contributed by atoms with Gasteiger partial charge in [0.25, 0.3) is 5.91 Å². The van der Waals surface area contributed by atoms with Crippen molar-refractivity contribution in [2.75, 3.05) is 11.5 Å². The Hall–Kier alpha value is -2.68. The number of aromatic nitrogens is 4. The van der Waals surface area contributed by atoms with E-state index >= 15 is 0 Å². The molecule has 0 radical (unpaired) electrons. The summed E-state index contributed by atoms with van der Waals surface area (Å²) in [6.07, 6.45) is 2.67. The van der Waals surface area contributed by atoms with Gasteiger partial charge in [0.05, 0.1) is 34.6 Å². The normalized spacial score (nSPS) is 22.0. The number of amides is 1. The summed E-state index contributed by atoms with van der Waals surface area (Å²) >= 11 is 0. The van der Waals surface area contributed by atoms with Gasteiger partial charge in [-0.1, -0.05) is 12.1 Å². The van der Waals surface area contributed by atoms with Gasteiger partial charge in [-0.2, -0.15) is 5.10 Å². The van der Waals surface area contributed by atoms with Crippen molar-refractivity contribution in [3.8, 4) is 0 Å². The molecule has 2 fully saturated rings. The smallest absolute Gasteiger partial charge is 0.272 e. The van der Waals surface area contributed by atoms with Crippen LogP contribution in [0, 0.1) is 0 Å².